The lowest BCUT2D eigenvalue weighted by Gasteiger charge is -2.20. The lowest BCUT2D eigenvalue weighted by Crippen LogP contribution is -2.28. The lowest BCUT2D eigenvalue weighted by molar-refractivity contribution is 0.416. The number of rotatable bonds is 4. The van der Waals surface area contributed by atoms with Crippen molar-refractivity contribution in [3.8, 4) is 6.07 Å². The molecule has 0 atom stereocenters. The summed E-state index contributed by atoms with van der Waals surface area (Å²) in [6.07, 6.45) is 1.67. The van der Waals surface area contributed by atoms with Crippen molar-refractivity contribution in [1.29, 1.82) is 5.26 Å². The normalized spacial score (nSPS) is 10.1. The maximum absolute atomic E-state index is 8.76. The molecule has 1 heterocycles. The highest BCUT2D eigenvalue weighted by Crippen LogP contribution is 2.09. The van der Waals surface area contributed by atoms with Crippen molar-refractivity contribution in [2.24, 2.45) is 0 Å². The van der Waals surface area contributed by atoms with Gasteiger partial charge in [-0.1, -0.05) is 0 Å². The molecule has 0 spiro atoms. The summed E-state index contributed by atoms with van der Waals surface area (Å²) in [6, 6.07) is 5.62. The van der Waals surface area contributed by atoms with Crippen molar-refractivity contribution < 1.29 is 0 Å². The zero-order valence-corrected chi connectivity index (χ0v) is 9.44. The van der Waals surface area contributed by atoms with Crippen LogP contribution in [0.5, 0.6) is 0 Å². The van der Waals surface area contributed by atoms with Crippen LogP contribution in [0.15, 0.2) is 18.3 Å². The van der Waals surface area contributed by atoms with Crippen LogP contribution < -0.4 is 4.90 Å². The number of hydrogen-bond acceptors (Lipinski definition) is 4. The number of likely N-dealkylation sites (N-methyl/N-ethyl adjacent to an activating group) is 2. The highest BCUT2D eigenvalue weighted by Gasteiger charge is 2.03. The van der Waals surface area contributed by atoms with E-state index in [2.05, 4.69) is 16.0 Å². The first-order valence-corrected chi connectivity index (χ1v) is 4.85. The highest BCUT2D eigenvalue weighted by atomic mass is 15.2. The Bertz CT molecular complexity index is 354. The molecule has 0 unspecified atom stereocenters. The van der Waals surface area contributed by atoms with E-state index in [9.17, 15) is 0 Å². The van der Waals surface area contributed by atoms with Crippen LogP contribution in [0.1, 0.15) is 5.56 Å². The Labute approximate surface area is 90.8 Å². The van der Waals surface area contributed by atoms with E-state index in [0.29, 0.717) is 5.56 Å². The van der Waals surface area contributed by atoms with Gasteiger partial charge in [0.15, 0.2) is 0 Å². The predicted octanol–water partition coefficient (Wildman–Crippen LogP) is 0.951. The molecule has 0 aliphatic rings. The minimum absolute atomic E-state index is 0.650. The van der Waals surface area contributed by atoms with E-state index >= 15 is 0 Å². The minimum Gasteiger partial charge on any atom is -0.358 e. The number of hydrogen-bond donors (Lipinski definition) is 0. The molecule has 0 aliphatic carbocycles. The van der Waals surface area contributed by atoms with Crippen LogP contribution in [0, 0.1) is 11.3 Å². The number of nitrogens with zero attached hydrogens (tertiary/aromatic N) is 4. The molecule has 0 fully saturated rings. The molecular formula is C11H16N4. The average Bonchev–Trinajstić information content (AvgIpc) is 2.26. The molecule has 0 saturated heterocycles. The van der Waals surface area contributed by atoms with Crippen LogP contribution in [0.3, 0.4) is 0 Å². The predicted molar refractivity (Wildman–Crippen MR) is 60.8 cm³/mol. The number of nitriles is 1. The monoisotopic (exact) mass is 204 g/mol. The van der Waals surface area contributed by atoms with Crippen LogP contribution in [-0.2, 0) is 0 Å². The summed E-state index contributed by atoms with van der Waals surface area (Å²) in [4.78, 5) is 8.38. The zero-order chi connectivity index (χ0) is 11.3. The molecule has 0 bridgehead atoms. The standard InChI is InChI=1S/C11H16N4/c1-14(2)6-7-15(3)11-8-10(9-12)4-5-13-11/h4-5,8H,6-7H2,1-3H3. The Morgan fingerprint density at radius 1 is 1.33 bits per heavy atom. The number of aromatic nitrogens is 1. The molecule has 0 radical (unpaired) electrons. The molecule has 1 aromatic heterocycles. The molecule has 0 aliphatic heterocycles. The minimum atomic E-state index is 0.650. The van der Waals surface area contributed by atoms with Gasteiger partial charge in [0.2, 0.25) is 0 Å². The van der Waals surface area contributed by atoms with E-state index in [0.717, 1.165) is 18.9 Å². The van der Waals surface area contributed by atoms with E-state index in [-0.39, 0.29) is 0 Å². The summed E-state index contributed by atoms with van der Waals surface area (Å²) in [7, 11) is 6.05. The summed E-state index contributed by atoms with van der Waals surface area (Å²) >= 11 is 0. The fourth-order valence-electron chi connectivity index (χ4n) is 1.16. The molecule has 1 rings (SSSR count). The van der Waals surface area contributed by atoms with Crippen molar-refractivity contribution in [1.82, 2.24) is 9.88 Å². The maximum Gasteiger partial charge on any atom is 0.129 e. The molecular weight excluding hydrogens is 188 g/mol. The molecule has 1 aromatic rings. The van der Waals surface area contributed by atoms with Crippen molar-refractivity contribution in [3.05, 3.63) is 23.9 Å². The second-order valence-electron chi connectivity index (χ2n) is 3.74. The summed E-state index contributed by atoms with van der Waals surface area (Å²) < 4.78 is 0. The summed E-state index contributed by atoms with van der Waals surface area (Å²) in [6.45, 7) is 1.86. The summed E-state index contributed by atoms with van der Waals surface area (Å²) in [5, 5.41) is 8.76. The van der Waals surface area contributed by atoms with E-state index in [4.69, 9.17) is 5.26 Å². The molecule has 4 heteroatoms. The Morgan fingerprint density at radius 3 is 2.67 bits per heavy atom. The molecule has 15 heavy (non-hydrogen) atoms. The largest absolute Gasteiger partial charge is 0.358 e. The van der Waals surface area contributed by atoms with Crippen molar-refractivity contribution in [2.45, 2.75) is 0 Å². The molecule has 4 nitrogen and oxygen atoms in total. The molecule has 0 N–H and O–H groups in total. The molecule has 0 aromatic carbocycles. The number of anilines is 1. The SMILES string of the molecule is CN(C)CCN(C)c1cc(C#N)ccn1. The van der Waals surface area contributed by atoms with Crippen LogP contribution in [0.4, 0.5) is 5.82 Å². The van der Waals surface area contributed by atoms with Crippen LogP contribution in [0.25, 0.3) is 0 Å². The first kappa shape index (κ1) is 11.5. The van der Waals surface area contributed by atoms with Gasteiger partial charge in [-0.15, -0.1) is 0 Å². The van der Waals surface area contributed by atoms with Crippen LogP contribution in [-0.4, -0.2) is 44.1 Å². The van der Waals surface area contributed by atoms with Crippen LogP contribution in [0.2, 0.25) is 0 Å². The Balaban J connectivity index is 2.65. The lowest BCUT2D eigenvalue weighted by atomic mass is 10.3. The van der Waals surface area contributed by atoms with Crippen molar-refractivity contribution >= 4 is 5.82 Å². The molecule has 0 saturated carbocycles. The summed E-state index contributed by atoms with van der Waals surface area (Å²) in [5.41, 5.74) is 0.650. The number of pyridine rings is 1. The van der Waals surface area contributed by atoms with Gasteiger partial charge in [-0.25, -0.2) is 4.98 Å². The summed E-state index contributed by atoms with van der Waals surface area (Å²) in [5.74, 6) is 0.843. The molecule has 80 valence electrons. The second kappa shape index (κ2) is 5.32. The van der Waals surface area contributed by atoms with Gasteiger partial charge in [0, 0.05) is 26.3 Å². The second-order valence-corrected chi connectivity index (χ2v) is 3.74. The van der Waals surface area contributed by atoms with E-state index in [1.54, 1.807) is 18.3 Å². The van der Waals surface area contributed by atoms with Gasteiger partial charge < -0.3 is 9.80 Å². The Kier molecular flexibility index (Phi) is 4.07. The topological polar surface area (TPSA) is 43.2 Å². The third-order valence-electron chi connectivity index (χ3n) is 2.15. The van der Waals surface area contributed by atoms with Gasteiger partial charge >= 0.3 is 0 Å². The first-order valence-electron chi connectivity index (χ1n) is 4.85. The first-order chi connectivity index (χ1) is 7.13. The van der Waals surface area contributed by atoms with Gasteiger partial charge in [0.05, 0.1) is 11.6 Å². The Hall–Kier alpha value is -1.60. The van der Waals surface area contributed by atoms with Gasteiger partial charge in [0.1, 0.15) is 5.82 Å². The van der Waals surface area contributed by atoms with Crippen LogP contribution >= 0.6 is 0 Å². The molecule has 0 amide bonds. The Morgan fingerprint density at radius 2 is 2.07 bits per heavy atom. The fourth-order valence-corrected chi connectivity index (χ4v) is 1.16. The van der Waals surface area contributed by atoms with E-state index in [1.165, 1.54) is 0 Å². The zero-order valence-electron chi connectivity index (χ0n) is 9.44. The average molecular weight is 204 g/mol. The third-order valence-corrected chi connectivity index (χ3v) is 2.15. The van der Waals surface area contributed by atoms with Gasteiger partial charge in [0.25, 0.3) is 0 Å². The quantitative estimate of drug-likeness (QED) is 0.732. The smallest absolute Gasteiger partial charge is 0.129 e. The maximum atomic E-state index is 8.76. The van der Waals surface area contributed by atoms with E-state index < -0.39 is 0 Å². The van der Waals surface area contributed by atoms with Crippen molar-refractivity contribution in [2.75, 3.05) is 39.1 Å². The van der Waals surface area contributed by atoms with E-state index in [1.807, 2.05) is 26.0 Å². The highest BCUT2D eigenvalue weighted by molar-refractivity contribution is 5.44. The van der Waals surface area contributed by atoms with Gasteiger partial charge in [-0.05, 0) is 26.2 Å². The fraction of sp³-hybridized carbons (Fsp3) is 0.455. The van der Waals surface area contributed by atoms with Gasteiger partial charge in [-0.2, -0.15) is 5.26 Å². The van der Waals surface area contributed by atoms with Crippen molar-refractivity contribution in [3.63, 3.8) is 0 Å². The third kappa shape index (κ3) is 3.56. The van der Waals surface area contributed by atoms with Gasteiger partial charge in [-0.3, -0.25) is 0 Å².